The number of aliphatic hydroxyl groups excluding tert-OH is 1. The van der Waals surface area contributed by atoms with Crippen LogP contribution >= 0.6 is 0 Å². The fraction of sp³-hybridized carbons (Fsp3) is 1.00. The van der Waals surface area contributed by atoms with Crippen molar-refractivity contribution in [3.63, 3.8) is 0 Å². The Kier molecular flexibility index (Phi) is 9.99. The molecule has 0 heterocycles. The lowest BCUT2D eigenvalue weighted by atomic mass is 10.1. The van der Waals surface area contributed by atoms with Crippen molar-refractivity contribution in [3.8, 4) is 0 Å². The fourth-order valence-electron chi connectivity index (χ4n) is 1.73. The van der Waals surface area contributed by atoms with Gasteiger partial charge in [0.25, 0.3) is 0 Å². The molecule has 0 spiro atoms. The number of hydrogen-bond acceptors (Lipinski definition) is 3. The van der Waals surface area contributed by atoms with Gasteiger partial charge in [-0.25, -0.2) is 0 Å². The van der Waals surface area contributed by atoms with Gasteiger partial charge in [-0.3, -0.25) is 0 Å². The van der Waals surface area contributed by atoms with Crippen LogP contribution in [0, 0.1) is 5.92 Å². The van der Waals surface area contributed by atoms with E-state index < -0.39 is 0 Å². The van der Waals surface area contributed by atoms with Gasteiger partial charge in [0.2, 0.25) is 0 Å². The van der Waals surface area contributed by atoms with Gasteiger partial charge in [-0.2, -0.15) is 0 Å². The zero-order valence-corrected chi connectivity index (χ0v) is 11.5. The highest BCUT2D eigenvalue weighted by atomic mass is 16.3. The molecular formula is C13H30N2O. The highest BCUT2D eigenvalue weighted by molar-refractivity contribution is 4.64. The largest absolute Gasteiger partial charge is 0.396 e. The zero-order valence-electron chi connectivity index (χ0n) is 11.5. The van der Waals surface area contributed by atoms with Crippen LogP contribution in [0.4, 0.5) is 0 Å². The normalized spacial score (nSPS) is 15.4. The Morgan fingerprint density at radius 1 is 1.19 bits per heavy atom. The SMILES string of the molecule is CCN(CC)CCCC(C)NCC(C)CO. The highest BCUT2D eigenvalue weighted by Crippen LogP contribution is 2.00. The van der Waals surface area contributed by atoms with Crippen LogP contribution in [0.2, 0.25) is 0 Å². The quantitative estimate of drug-likeness (QED) is 0.600. The van der Waals surface area contributed by atoms with Crippen molar-refractivity contribution in [2.45, 2.75) is 46.6 Å². The Labute approximate surface area is 101 Å². The molecule has 16 heavy (non-hydrogen) atoms. The molecule has 0 radical (unpaired) electrons. The van der Waals surface area contributed by atoms with E-state index in [9.17, 15) is 0 Å². The average Bonchev–Trinajstić information content (AvgIpc) is 2.31. The monoisotopic (exact) mass is 230 g/mol. The lowest BCUT2D eigenvalue weighted by Gasteiger charge is -2.20. The van der Waals surface area contributed by atoms with E-state index >= 15 is 0 Å². The highest BCUT2D eigenvalue weighted by Gasteiger charge is 2.05. The fourth-order valence-corrected chi connectivity index (χ4v) is 1.73. The van der Waals surface area contributed by atoms with Crippen molar-refractivity contribution in [2.75, 3.05) is 32.8 Å². The summed E-state index contributed by atoms with van der Waals surface area (Å²) in [7, 11) is 0. The summed E-state index contributed by atoms with van der Waals surface area (Å²) in [5.74, 6) is 0.366. The standard InChI is InChI=1S/C13H30N2O/c1-5-15(6-2)9-7-8-13(4)14-10-12(3)11-16/h12-14,16H,5-11H2,1-4H3. The second-order valence-electron chi connectivity index (χ2n) is 4.77. The molecule has 0 bridgehead atoms. The Bertz CT molecular complexity index is 149. The number of aliphatic hydroxyl groups is 1. The van der Waals surface area contributed by atoms with E-state index in [1.807, 2.05) is 0 Å². The molecule has 3 nitrogen and oxygen atoms in total. The van der Waals surface area contributed by atoms with Gasteiger partial charge >= 0.3 is 0 Å². The van der Waals surface area contributed by atoms with Gasteiger partial charge < -0.3 is 15.3 Å². The molecule has 0 saturated heterocycles. The second-order valence-corrected chi connectivity index (χ2v) is 4.77. The maximum absolute atomic E-state index is 8.91. The molecule has 0 amide bonds. The van der Waals surface area contributed by atoms with Gasteiger partial charge in [-0.1, -0.05) is 20.8 Å². The van der Waals surface area contributed by atoms with Gasteiger partial charge in [0.1, 0.15) is 0 Å². The van der Waals surface area contributed by atoms with Crippen molar-refractivity contribution in [2.24, 2.45) is 5.92 Å². The van der Waals surface area contributed by atoms with Crippen LogP contribution in [-0.2, 0) is 0 Å². The molecule has 0 aliphatic rings. The van der Waals surface area contributed by atoms with Crippen molar-refractivity contribution in [1.82, 2.24) is 10.2 Å². The summed E-state index contributed by atoms with van der Waals surface area (Å²) < 4.78 is 0. The number of rotatable bonds is 10. The Balaban J connectivity index is 3.46. The summed E-state index contributed by atoms with van der Waals surface area (Å²) in [4.78, 5) is 2.46. The number of nitrogens with zero attached hydrogens (tertiary/aromatic N) is 1. The van der Waals surface area contributed by atoms with E-state index in [4.69, 9.17) is 5.11 Å². The molecule has 0 aromatic heterocycles. The third kappa shape index (κ3) is 8.08. The molecular weight excluding hydrogens is 200 g/mol. The predicted molar refractivity (Wildman–Crippen MR) is 70.7 cm³/mol. The zero-order chi connectivity index (χ0) is 12.4. The van der Waals surface area contributed by atoms with Gasteiger partial charge in [-0.15, -0.1) is 0 Å². The molecule has 0 aliphatic carbocycles. The van der Waals surface area contributed by atoms with Crippen LogP contribution in [0.15, 0.2) is 0 Å². The third-order valence-electron chi connectivity index (χ3n) is 3.13. The van der Waals surface area contributed by atoms with Crippen LogP contribution in [0.1, 0.15) is 40.5 Å². The first-order chi connectivity index (χ1) is 7.63. The molecule has 98 valence electrons. The van der Waals surface area contributed by atoms with Gasteiger partial charge in [-0.05, 0) is 45.3 Å². The van der Waals surface area contributed by atoms with E-state index in [-0.39, 0.29) is 6.61 Å². The molecule has 0 fully saturated rings. The molecule has 2 atom stereocenters. The predicted octanol–water partition coefficient (Wildman–Crippen LogP) is 1.71. The van der Waals surface area contributed by atoms with E-state index in [1.54, 1.807) is 0 Å². The minimum atomic E-state index is 0.277. The van der Waals surface area contributed by atoms with Crippen molar-refractivity contribution in [3.05, 3.63) is 0 Å². The lowest BCUT2D eigenvalue weighted by molar-refractivity contribution is 0.228. The van der Waals surface area contributed by atoms with Crippen molar-refractivity contribution < 1.29 is 5.11 Å². The van der Waals surface area contributed by atoms with Crippen LogP contribution in [-0.4, -0.2) is 48.8 Å². The van der Waals surface area contributed by atoms with Gasteiger partial charge in [0, 0.05) is 19.2 Å². The average molecular weight is 230 g/mol. The summed E-state index contributed by atoms with van der Waals surface area (Å²) in [5.41, 5.74) is 0. The molecule has 0 aromatic rings. The van der Waals surface area contributed by atoms with E-state index in [1.165, 1.54) is 19.4 Å². The molecule has 0 rings (SSSR count). The molecule has 2 N–H and O–H groups in total. The molecule has 0 saturated carbocycles. The summed E-state index contributed by atoms with van der Waals surface area (Å²) in [5, 5.41) is 12.4. The van der Waals surface area contributed by atoms with Crippen molar-refractivity contribution >= 4 is 0 Å². The van der Waals surface area contributed by atoms with Gasteiger partial charge in [0.05, 0.1) is 0 Å². The van der Waals surface area contributed by atoms with Crippen LogP contribution in [0.5, 0.6) is 0 Å². The molecule has 0 aromatic carbocycles. The van der Waals surface area contributed by atoms with E-state index in [2.05, 4.69) is 37.9 Å². The summed E-state index contributed by atoms with van der Waals surface area (Å²) in [6.45, 7) is 13.4. The molecule has 2 unspecified atom stereocenters. The van der Waals surface area contributed by atoms with Crippen molar-refractivity contribution in [1.29, 1.82) is 0 Å². The third-order valence-corrected chi connectivity index (χ3v) is 3.13. The van der Waals surface area contributed by atoms with E-state index in [0.29, 0.717) is 12.0 Å². The Morgan fingerprint density at radius 3 is 2.31 bits per heavy atom. The summed E-state index contributed by atoms with van der Waals surface area (Å²) in [6.07, 6.45) is 2.47. The molecule has 3 heteroatoms. The number of nitrogens with one attached hydrogen (secondary N) is 1. The maximum atomic E-state index is 8.91. The summed E-state index contributed by atoms with van der Waals surface area (Å²) >= 11 is 0. The minimum absolute atomic E-state index is 0.277. The van der Waals surface area contributed by atoms with E-state index in [0.717, 1.165) is 19.6 Å². The molecule has 0 aliphatic heterocycles. The second kappa shape index (κ2) is 10.1. The van der Waals surface area contributed by atoms with Crippen LogP contribution < -0.4 is 5.32 Å². The smallest absolute Gasteiger partial charge is 0.0468 e. The maximum Gasteiger partial charge on any atom is 0.0468 e. The van der Waals surface area contributed by atoms with Gasteiger partial charge in [0.15, 0.2) is 0 Å². The van der Waals surface area contributed by atoms with Crippen LogP contribution in [0.25, 0.3) is 0 Å². The Hall–Kier alpha value is -0.120. The van der Waals surface area contributed by atoms with Crippen LogP contribution in [0.3, 0.4) is 0 Å². The first-order valence-corrected chi connectivity index (χ1v) is 6.70. The topological polar surface area (TPSA) is 35.5 Å². The lowest BCUT2D eigenvalue weighted by Crippen LogP contribution is -2.32. The first-order valence-electron chi connectivity index (χ1n) is 6.70. The first kappa shape index (κ1) is 15.9. The minimum Gasteiger partial charge on any atom is -0.396 e. The summed E-state index contributed by atoms with van der Waals surface area (Å²) in [6, 6.07) is 0.560. The Morgan fingerprint density at radius 2 is 1.81 bits per heavy atom. The number of hydrogen-bond donors (Lipinski definition) is 2.